The molecule has 2 N–H and O–H groups in total. The molecule has 4 heterocycles. The van der Waals surface area contributed by atoms with Crippen molar-refractivity contribution in [1.82, 2.24) is 15.0 Å². The van der Waals surface area contributed by atoms with Gasteiger partial charge in [-0.2, -0.15) is 0 Å². The summed E-state index contributed by atoms with van der Waals surface area (Å²) in [4.78, 5) is 32.7. The van der Waals surface area contributed by atoms with Gasteiger partial charge in [0.25, 0.3) is 11.8 Å². The number of carbonyl (C=O) groups is 2. The van der Waals surface area contributed by atoms with Crippen LogP contribution in [0.1, 0.15) is 66.0 Å². The Kier molecular flexibility index (Phi) is 8.04. The van der Waals surface area contributed by atoms with E-state index in [0.717, 1.165) is 27.6 Å². The summed E-state index contributed by atoms with van der Waals surface area (Å²) in [5, 5.41) is 33.1. The zero-order valence-electron chi connectivity index (χ0n) is 30.3. The fourth-order valence-corrected chi connectivity index (χ4v) is 9.18. The summed E-state index contributed by atoms with van der Waals surface area (Å²) in [5.74, 6) is -1.22. The smallest absolute Gasteiger partial charge is 0.264 e. The topological polar surface area (TPSA) is 121 Å². The van der Waals surface area contributed by atoms with Crippen LogP contribution in [0, 0.1) is 11.8 Å². The lowest BCUT2D eigenvalue weighted by molar-refractivity contribution is -0.146. The SMILES string of the molecule is C[C@H]1[C@H](C(C)(C)O)[C@@H](CCn2cc([C@H](O)c3ccccc3)nn2)O[C@]12C(=O)N(Cc1ccccc1)c1ccc(N3C(=O)c4cccc5cccc3c45)cc12. The molecule has 1 saturated heterocycles. The van der Waals surface area contributed by atoms with E-state index in [2.05, 4.69) is 10.3 Å². The molecule has 6 aromatic rings. The van der Waals surface area contributed by atoms with Gasteiger partial charge in [-0.05, 0) is 67.1 Å². The highest BCUT2D eigenvalue weighted by atomic mass is 16.5. The number of ether oxygens (including phenoxy) is 1. The summed E-state index contributed by atoms with van der Waals surface area (Å²) in [7, 11) is 0. The van der Waals surface area contributed by atoms with Crippen LogP contribution in [-0.2, 0) is 28.2 Å². The van der Waals surface area contributed by atoms with E-state index in [0.29, 0.717) is 47.7 Å². The molecule has 0 saturated carbocycles. The molecule has 0 unspecified atom stereocenters. The zero-order valence-corrected chi connectivity index (χ0v) is 30.3. The first-order valence-electron chi connectivity index (χ1n) is 18.5. The Morgan fingerprint density at radius 1 is 0.889 bits per heavy atom. The second kappa shape index (κ2) is 12.7. The van der Waals surface area contributed by atoms with Gasteiger partial charge in [0.15, 0.2) is 5.60 Å². The zero-order chi connectivity index (χ0) is 37.4. The molecule has 3 aliphatic rings. The Labute approximate surface area is 313 Å². The molecule has 1 aromatic heterocycles. The summed E-state index contributed by atoms with van der Waals surface area (Å²) < 4.78 is 8.78. The Hall–Kier alpha value is -5.68. The quantitative estimate of drug-likeness (QED) is 0.164. The molecule has 9 rings (SSSR count). The van der Waals surface area contributed by atoms with Crippen molar-refractivity contribution >= 4 is 39.6 Å². The average molecular weight is 720 g/mol. The van der Waals surface area contributed by atoms with Crippen LogP contribution in [0.15, 0.2) is 121 Å². The number of hydrogen-bond donors (Lipinski definition) is 2. The molecule has 0 bridgehead atoms. The van der Waals surface area contributed by atoms with E-state index in [4.69, 9.17) is 4.74 Å². The van der Waals surface area contributed by atoms with E-state index in [1.807, 2.05) is 122 Å². The summed E-state index contributed by atoms with van der Waals surface area (Å²) in [5.41, 5.74) is 2.93. The standard InChI is InChI=1S/C44H41N5O5/c1-27-39(43(2,3)53)37(22-23-47-26-34(45-46-47)40(50)30-14-8-5-9-15-30)54-44(27)33-24-31(20-21-35(33)48(42(44)52)25-28-12-6-4-7-13-28)49-36-19-11-17-29-16-10-18-32(38(29)36)41(49)51/h4-21,24,26-27,37,39-40,50,53H,22-23,25H2,1-3H3/t27-,37+,39-,40+,44+/m0/s1. The Bertz CT molecular complexity index is 2400. The Balaban J connectivity index is 1.10. The molecule has 3 aliphatic heterocycles. The van der Waals surface area contributed by atoms with Crippen molar-refractivity contribution in [3.05, 3.63) is 149 Å². The molecule has 0 radical (unpaired) electrons. The van der Waals surface area contributed by atoms with Crippen LogP contribution in [0.3, 0.4) is 0 Å². The molecule has 10 heteroatoms. The third kappa shape index (κ3) is 5.27. The third-order valence-electron chi connectivity index (χ3n) is 11.6. The van der Waals surface area contributed by atoms with E-state index in [1.165, 1.54) is 0 Å². The van der Waals surface area contributed by atoms with Gasteiger partial charge in [0, 0.05) is 35.0 Å². The van der Waals surface area contributed by atoms with Crippen LogP contribution < -0.4 is 9.80 Å². The number of aliphatic hydroxyl groups excluding tert-OH is 1. The van der Waals surface area contributed by atoms with Crippen LogP contribution in [0.5, 0.6) is 0 Å². The fraction of sp³-hybridized carbons (Fsp3) is 0.273. The highest BCUT2D eigenvalue weighted by Crippen LogP contribution is 2.59. The number of benzene rings is 5. The van der Waals surface area contributed by atoms with Crippen LogP contribution in [0.2, 0.25) is 0 Å². The minimum atomic E-state index is -1.44. The summed E-state index contributed by atoms with van der Waals surface area (Å²) in [6.07, 6.45) is 0.680. The number of aryl methyl sites for hydroxylation is 1. The monoisotopic (exact) mass is 719 g/mol. The Morgan fingerprint density at radius 3 is 2.35 bits per heavy atom. The maximum atomic E-state index is 15.1. The number of nitrogens with zero attached hydrogens (tertiary/aromatic N) is 5. The van der Waals surface area contributed by atoms with Gasteiger partial charge in [-0.3, -0.25) is 19.2 Å². The number of rotatable bonds is 9. The molecule has 272 valence electrons. The van der Waals surface area contributed by atoms with Crippen LogP contribution >= 0.6 is 0 Å². The lowest BCUT2D eigenvalue weighted by atomic mass is 9.70. The highest BCUT2D eigenvalue weighted by Gasteiger charge is 2.65. The number of fused-ring (bicyclic) bond motifs is 2. The van der Waals surface area contributed by atoms with Gasteiger partial charge in [-0.15, -0.1) is 5.10 Å². The predicted molar refractivity (Wildman–Crippen MR) is 205 cm³/mol. The summed E-state index contributed by atoms with van der Waals surface area (Å²) in [6.45, 7) is 6.25. The van der Waals surface area contributed by atoms with Crippen molar-refractivity contribution in [3.8, 4) is 0 Å². The first-order valence-corrected chi connectivity index (χ1v) is 18.5. The highest BCUT2D eigenvalue weighted by molar-refractivity contribution is 6.28. The molecule has 1 spiro atoms. The third-order valence-corrected chi connectivity index (χ3v) is 11.6. The van der Waals surface area contributed by atoms with E-state index in [1.54, 1.807) is 34.5 Å². The number of aromatic nitrogens is 3. The molecule has 54 heavy (non-hydrogen) atoms. The molecule has 0 aliphatic carbocycles. The number of hydrogen-bond acceptors (Lipinski definition) is 7. The number of carbonyl (C=O) groups excluding carboxylic acids is 2. The lowest BCUT2D eigenvalue weighted by Gasteiger charge is -2.34. The minimum Gasteiger partial charge on any atom is -0.390 e. The number of aliphatic hydroxyl groups is 2. The van der Waals surface area contributed by atoms with E-state index in [9.17, 15) is 15.0 Å². The maximum Gasteiger partial charge on any atom is 0.264 e. The van der Waals surface area contributed by atoms with Crippen molar-refractivity contribution in [2.45, 2.75) is 63.7 Å². The van der Waals surface area contributed by atoms with Crippen molar-refractivity contribution in [2.24, 2.45) is 11.8 Å². The van der Waals surface area contributed by atoms with Crippen LogP contribution in [-0.4, -0.2) is 48.7 Å². The molecule has 2 amide bonds. The minimum absolute atomic E-state index is 0.126. The van der Waals surface area contributed by atoms with Crippen molar-refractivity contribution in [3.63, 3.8) is 0 Å². The molecular formula is C44H41N5O5. The van der Waals surface area contributed by atoms with E-state index in [-0.39, 0.29) is 11.8 Å². The fourth-order valence-electron chi connectivity index (χ4n) is 9.18. The normalized spacial score (nSPS) is 22.5. The van der Waals surface area contributed by atoms with Gasteiger partial charge in [-0.25, -0.2) is 0 Å². The van der Waals surface area contributed by atoms with Crippen molar-refractivity contribution < 1.29 is 24.5 Å². The number of amides is 2. The average Bonchev–Trinajstić information content (AvgIpc) is 3.91. The number of anilines is 3. The molecule has 5 aromatic carbocycles. The predicted octanol–water partition coefficient (Wildman–Crippen LogP) is 7.06. The second-order valence-corrected chi connectivity index (χ2v) is 15.3. The van der Waals surface area contributed by atoms with Crippen molar-refractivity contribution in [1.29, 1.82) is 0 Å². The first-order chi connectivity index (χ1) is 26.1. The van der Waals surface area contributed by atoms with Gasteiger partial charge >= 0.3 is 0 Å². The van der Waals surface area contributed by atoms with E-state index < -0.39 is 35.2 Å². The molecule has 10 nitrogen and oxygen atoms in total. The second-order valence-electron chi connectivity index (χ2n) is 15.3. The van der Waals surface area contributed by atoms with Crippen molar-refractivity contribution in [2.75, 3.05) is 9.80 Å². The van der Waals surface area contributed by atoms with Crippen LogP contribution in [0.4, 0.5) is 17.1 Å². The van der Waals surface area contributed by atoms with Gasteiger partial charge < -0.3 is 19.8 Å². The maximum absolute atomic E-state index is 15.1. The van der Waals surface area contributed by atoms with Crippen LogP contribution in [0.25, 0.3) is 10.8 Å². The first kappa shape index (κ1) is 34.1. The molecular weight excluding hydrogens is 679 g/mol. The molecule has 5 atom stereocenters. The van der Waals surface area contributed by atoms with Gasteiger partial charge in [0.1, 0.15) is 11.8 Å². The van der Waals surface area contributed by atoms with E-state index >= 15 is 4.79 Å². The van der Waals surface area contributed by atoms with Gasteiger partial charge in [-0.1, -0.05) is 97.1 Å². The van der Waals surface area contributed by atoms with Gasteiger partial charge in [0.2, 0.25) is 0 Å². The lowest BCUT2D eigenvalue weighted by Crippen LogP contribution is -2.46. The largest absolute Gasteiger partial charge is 0.390 e. The van der Waals surface area contributed by atoms with Gasteiger partial charge in [0.05, 0.1) is 41.4 Å². The Morgan fingerprint density at radius 2 is 1.61 bits per heavy atom. The summed E-state index contributed by atoms with van der Waals surface area (Å²) in [6, 6.07) is 36.6. The molecule has 1 fully saturated rings. The summed E-state index contributed by atoms with van der Waals surface area (Å²) >= 11 is 0.